The molecule has 0 spiro atoms. The molecule has 1 aromatic rings. The number of aliphatic hydroxyl groups excluding tert-OH is 1. The van der Waals surface area contributed by atoms with Gasteiger partial charge in [-0.1, -0.05) is 31.2 Å². The maximum Gasteiger partial charge on any atom is 0.313 e. The highest BCUT2D eigenvalue weighted by atomic mass is 19.3. The zero-order valence-corrected chi connectivity index (χ0v) is 14.6. The lowest BCUT2D eigenvalue weighted by Crippen LogP contribution is -2.35. The van der Waals surface area contributed by atoms with Crippen molar-refractivity contribution in [3.63, 3.8) is 0 Å². The van der Waals surface area contributed by atoms with E-state index in [1.807, 2.05) is 0 Å². The Bertz CT molecular complexity index is 617. The summed E-state index contributed by atoms with van der Waals surface area (Å²) in [5.41, 5.74) is -0.427. The predicted molar refractivity (Wildman–Crippen MR) is 87.6 cm³/mol. The van der Waals surface area contributed by atoms with Crippen LogP contribution >= 0.6 is 0 Å². The summed E-state index contributed by atoms with van der Waals surface area (Å²) >= 11 is 0. The molecule has 1 aromatic carbocycles. The van der Waals surface area contributed by atoms with Crippen LogP contribution in [0.2, 0.25) is 0 Å². The molecule has 0 aliphatic rings. The van der Waals surface area contributed by atoms with Gasteiger partial charge in [-0.15, -0.1) is 0 Å². The molecule has 5 nitrogen and oxygen atoms in total. The summed E-state index contributed by atoms with van der Waals surface area (Å²) in [5, 5.41) is 18.3. The van der Waals surface area contributed by atoms with E-state index in [0.29, 0.717) is 12.0 Å². The number of esters is 1. The molecule has 2 N–H and O–H groups in total. The van der Waals surface area contributed by atoms with Gasteiger partial charge >= 0.3 is 11.9 Å². The molecule has 25 heavy (non-hydrogen) atoms. The van der Waals surface area contributed by atoms with Crippen LogP contribution in [0.4, 0.5) is 8.78 Å². The molecule has 0 fully saturated rings. The van der Waals surface area contributed by atoms with Crippen LogP contribution in [0, 0.1) is 5.92 Å². The average Bonchev–Trinajstić information content (AvgIpc) is 2.58. The smallest absolute Gasteiger partial charge is 0.313 e. The summed E-state index contributed by atoms with van der Waals surface area (Å²) in [6.07, 6.45) is -0.718. The van der Waals surface area contributed by atoms with Gasteiger partial charge in [0, 0.05) is 6.42 Å². The lowest BCUT2D eigenvalue weighted by molar-refractivity contribution is -0.145. The van der Waals surface area contributed by atoms with Crippen LogP contribution in [0.25, 0.3) is 0 Å². The Kier molecular flexibility index (Phi) is 7.05. The van der Waals surface area contributed by atoms with Crippen molar-refractivity contribution in [2.45, 2.75) is 44.4 Å². The fourth-order valence-electron chi connectivity index (χ4n) is 2.57. The Hall–Kier alpha value is -2.02. The van der Waals surface area contributed by atoms with Crippen molar-refractivity contribution in [1.82, 2.24) is 0 Å². The zero-order chi connectivity index (χ0) is 19.3. The SMILES string of the molecule is COC(=O)[C@@H](C)Cc1cccc(C(C)(CCC(F)(F)CO)C(=O)O)c1. The topological polar surface area (TPSA) is 83.8 Å². The Balaban J connectivity index is 3.06. The van der Waals surface area contributed by atoms with E-state index in [1.54, 1.807) is 31.2 Å². The summed E-state index contributed by atoms with van der Waals surface area (Å²) in [4.78, 5) is 23.3. The molecule has 0 heterocycles. The summed E-state index contributed by atoms with van der Waals surface area (Å²) in [5.74, 6) is -5.34. The fourth-order valence-corrected chi connectivity index (χ4v) is 2.57. The third kappa shape index (κ3) is 5.49. The van der Waals surface area contributed by atoms with E-state index >= 15 is 0 Å². The Morgan fingerprint density at radius 3 is 2.44 bits per heavy atom. The van der Waals surface area contributed by atoms with Crippen LogP contribution in [0.3, 0.4) is 0 Å². The summed E-state index contributed by atoms with van der Waals surface area (Å²) in [7, 11) is 1.29. The maximum atomic E-state index is 13.3. The first-order chi connectivity index (χ1) is 11.6. The van der Waals surface area contributed by atoms with E-state index in [1.165, 1.54) is 14.0 Å². The third-order valence-corrected chi connectivity index (χ3v) is 4.40. The van der Waals surface area contributed by atoms with Crippen LogP contribution in [0.1, 0.15) is 37.8 Å². The van der Waals surface area contributed by atoms with Gasteiger partial charge in [0.2, 0.25) is 0 Å². The van der Waals surface area contributed by atoms with Gasteiger partial charge in [0.15, 0.2) is 0 Å². The zero-order valence-electron chi connectivity index (χ0n) is 14.6. The van der Waals surface area contributed by atoms with Gasteiger partial charge in [0.05, 0.1) is 18.4 Å². The standard InChI is InChI=1S/C18H24F2O5/c1-12(15(22)25-3)9-13-5-4-6-14(10-13)17(2,16(23)24)7-8-18(19,20)11-21/h4-6,10,12,21H,7-9,11H2,1-3H3,(H,23,24)/t12-,17?/m0/s1. The van der Waals surface area contributed by atoms with E-state index in [9.17, 15) is 23.5 Å². The first-order valence-electron chi connectivity index (χ1n) is 7.95. The highest BCUT2D eigenvalue weighted by Crippen LogP contribution is 2.34. The quantitative estimate of drug-likeness (QED) is 0.663. The van der Waals surface area contributed by atoms with Crippen LogP contribution in [0.15, 0.2) is 24.3 Å². The van der Waals surface area contributed by atoms with Crippen molar-refractivity contribution in [3.8, 4) is 0 Å². The second kappa shape index (κ2) is 8.38. The van der Waals surface area contributed by atoms with Gasteiger partial charge in [-0.25, -0.2) is 8.78 Å². The lowest BCUT2D eigenvalue weighted by Gasteiger charge is -2.27. The average molecular weight is 358 g/mol. The molecule has 0 saturated carbocycles. The van der Waals surface area contributed by atoms with Gasteiger partial charge < -0.3 is 14.9 Å². The number of hydrogen-bond donors (Lipinski definition) is 2. The summed E-state index contributed by atoms with van der Waals surface area (Å²) < 4.78 is 31.4. The van der Waals surface area contributed by atoms with Crippen molar-refractivity contribution in [2.75, 3.05) is 13.7 Å². The minimum atomic E-state index is -3.33. The van der Waals surface area contributed by atoms with E-state index in [2.05, 4.69) is 4.74 Å². The summed E-state index contributed by atoms with van der Waals surface area (Å²) in [6.45, 7) is 1.75. The number of aliphatic hydroxyl groups is 1. The number of hydrogen-bond acceptors (Lipinski definition) is 4. The Morgan fingerprint density at radius 2 is 1.92 bits per heavy atom. The second-order valence-corrected chi connectivity index (χ2v) is 6.48. The van der Waals surface area contributed by atoms with E-state index < -0.39 is 36.3 Å². The van der Waals surface area contributed by atoms with Crippen molar-refractivity contribution < 1.29 is 33.3 Å². The van der Waals surface area contributed by atoms with E-state index in [-0.39, 0.29) is 12.4 Å². The van der Waals surface area contributed by atoms with Crippen LogP contribution in [-0.4, -0.2) is 41.8 Å². The number of alkyl halides is 2. The van der Waals surface area contributed by atoms with Gasteiger partial charge in [-0.3, -0.25) is 9.59 Å². The van der Waals surface area contributed by atoms with Crippen LogP contribution in [0.5, 0.6) is 0 Å². The highest BCUT2D eigenvalue weighted by molar-refractivity contribution is 5.81. The monoisotopic (exact) mass is 358 g/mol. The second-order valence-electron chi connectivity index (χ2n) is 6.48. The Labute approximate surface area is 145 Å². The van der Waals surface area contributed by atoms with Gasteiger partial charge in [0.25, 0.3) is 5.92 Å². The minimum absolute atomic E-state index is 0.327. The molecule has 1 rings (SSSR count). The van der Waals surface area contributed by atoms with Crippen LogP contribution in [-0.2, 0) is 26.2 Å². The first kappa shape index (κ1) is 21.0. The number of carboxylic acids is 1. The van der Waals surface area contributed by atoms with Crippen molar-refractivity contribution in [2.24, 2.45) is 5.92 Å². The van der Waals surface area contributed by atoms with Crippen LogP contribution < -0.4 is 0 Å². The van der Waals surface area contributed by atoms with Crippen molar-refractivity contribution in [1.29, 1.82) is 0 Å². The molecule has 2 atom stereocenters. The molecule has 0 aromatic heterocycles. The number of carbonyl (C=O) groups excluding carboxylic acids is 1. The number of rotatable bonds is 9. The number of carbonyl (C=O) groups is 2. The summed E-state index contributed by atoms with van der Waals surface area (Å²) in [6, 6.07) is 6.57. The molecule has 0 aliphatic carbocycles. The van der Waals surface area contributed by atoms with E-state index in [0.717, 1.165) is 5.56 Å². The van der Waals surface area contributed by atoms with Crippen molar-refractivity contribution in [3.05, 3.63) is 35.4 Å². The van der Waals surface area contributed by atoms with Gasteiger partial charge in [0.1, 0.15) is 6.61 Å². The normalized spacial score (nSPS) is 15.3. The van der Waals surface area contributed by atoms with Gasteiger partial charge in [-0.05, 0) is 30.9 Å². The number of methoxy groups -OCH3 is 1. The minimum Gasteiger partial charge on any atom is -0.481 e. The third-order valence-electron chi connectivity index (χ3n) is 4.40. The number of ether oxygens (including phenoxy) is 1. The molecule has 7 heteroatoms. The maximum absolute atomic E-state index is 13.3. The highest BCUT2D eigenvalue weighted by Gasteiger charge is 2.39. The number of carboxylic acid groups (broad SMARTS) is 1. The molecule has 0 saturated heterocycles. The number of aliphatic carboxylic acids is 1. The fraction of sp³-hybridized carbons (Fsp3) is 0.556. The number of benzene rings is 1. The largest absolute Gasteiger partial charge is 0.481 e. The van der Waals surface area contributed by atoms with E-state index in [4.69, 9.17) is 5.11 Å². The van der Waals surface area contributed by atoms with Gasteiger partial charge in [-0.2, -0.15) is 0 Å². The molecule has 0 amide bonds. The molecule has 1 unspecified atom stereocenters. The first-order valence-corrected chi connectivity index (χ1v) is 7.95. The lowest BCUT2D eigenvalue weighted by atomic mass is 9.77. The number of halogens is 2. The molecule has 0 aliphatic heterocycles. The molecule has 140 valence electrons. The Morgan fingerprint density at radius 1 is 1.28 bits per heavy atom. The predicted octanol–water partition coefficient (Wildman–Crippen LogP) is 2.79. The molecule has 0 radical (unpaired) electrons. The molecular formula is C18H24F2O5. The molecule has 0 bridgehead atoms. The van der Waals surface area contributed by atoms with Crippen molar-refractivity contribution >= 4 is 11.9 Å². The molecular weight excluding hydrogens is 334 g/mol.